The smallest absolute Gasteiger partial charge is 0.408 e. The molecule has 1 saturated carbocycles. The van der Waals surface area contributed by atoms with Gasteiger partial charge in [-0.15, -0.1) is 0 Å². The molecule has 0 spiro atoms. The lowest BCUT2D eigenvalue weighted by Crippen LogP contribution is -2.58. The maximum absolute atomic E-state index is 14.7. The Morgan fingerprint density at radius 2 is 1.33 bits per heavy atom. The standard InChI is InChI=1S/C42H47NO5/c1-32-24-25-37(41(2,3)36-22-14-7-15-23-36)38(28-32)48-39(44)42(27-26-33-16-8-4-9-17-33,31-46-29-34-18-10-5-11-19-34)43-40(45)47-30-35-20-12-6-13-21-35/h4-23,26-27,32,37-38H,24-25,28-31H2,1-3H3,(H,43,45)/b27-26+/t32-,37-,38-,42-/m1/s1. The average Bonchev–Trinajstić information content (AvgIpc) is 3.11. The van der Waals surface area contributed by atoms with Crippen LogP contribution < -0.4 is 5.32 Å². The molecule has 5 rings (SSSR count). The molecule has 1 fully saturated rings. The minimum absolute atomic E-state index is 0.0541. The molecule has 4 aromatic carbocycles. The number of carbonyl (C=O) groups is 2. The van der Waals surface area contributed by atoms with Crippen LogP contribution in [0.4, 0.5) is 4.79 Å². The highest BCUT2D eigenvalue weighted by molar-refractivity contribution is 5.89. The Balaban J connectivity index is 1.47. The minimum Gasteiger partial charge on any atom is -0.460 e. The Kier molecular flexibility index (Phi) is 11.9. The Hall–Kier alpha value is -4.68. The van der Waals surface area contributed by atoms with Gasteiger partial charge >= 0.3 is 12.1 Å². The first-order valence-corrected chi connectivity index (χ1v) is 16.9. The molecule has 6 heteroatoms. The summed E-state index contributed by atoms with van der Waals surface area (Å²) in [5.41, 5.74) is 1.94. The van der Waals surface area contributed by atoms with Gasteiger partial charge in [0.2, 0.25) is 0 Å². The van der Waals surface area contributed by atoms with Crippen molar-refractivity contribution in [3.05, 3.63) is 150 Å². The van der Waals surface area contributed by atoms with E-state index in [9.17, 15) is 9.59 Å². The van der Waals surface area contributed by atoms with Gasteiger partial charge in [0.1, 0.15) is 12.7 Å². The van der Waals surface area contributed by atoms with E-state index in [1.165, 1.54) is 5.56 Å². The Morgan fingerprint density at radius 3 is 1.96 bits per heavy atom. The zero-order valence-corrected chi connectivity index (χ0v) is 28.2. The van der Waals surface area contributed by atoms with Crippen LogP contribution in [0.2, 0.25) is 0 Å². The van der Waals surface area contributed by atoms with E-state index in [2.05, 4.69) is 50.4 Å². The average molecular weight is 646 g/mol. The fourth-order valence-corrected chi connectivity index (χ4v) is 6.56. The lowest BCUT2D eigenvalue weighted by Gasteiger charge is -2.45. The molecule has 0 bridgehead atoms. The van der Waals surface area contributed by atoms with E-state index >= 15 is 0 Å². The third-order valence-electron chi connectivity index (χ3n) is 9.46. The molecule has 0 saturated heterocycles. The van der Waals surface area contributed by atoms with Crippen LogP contribution in [0.15, 0.2) is 127 Å². The molecule has 0 aromatic heterocycles. The molecule has 1 amide bonds. The Labute approximate surface area is 285 Å². The molecule has 0 heterocycles. The molecule has 4 atom stereocenters. The molecular weight excluding hydrogens is 598 g/mol. The van der Waals surface area contributed by atoms with E-state index in [1.54, 1.807) is 6.08 Å². The van der Waals surface area contributed by atoms with Crippen molar-refractivity contribution in [1.29, 1.82) is 0 Å². The topological polar surface area (TPSA) is 73.9 Å². The highest BCUT2D eigenvalue weighted by Crippen LogP contribution is 2.44. The zero-order chi connectivity index (χ0) is 33.8. The van der Waals surface area contributed by atoms with E-state index in [4.69, 9.17) is 14.2 Å². The molecular formula is C42H47NO5. The van der Waals surface area contributed by atoms with Crippen molar-refractivity contribution in [2.45, 2.75) is 70.3 Å². The number of hydrogen-bond donors (Lipinski definition) is 1. The normalized spacial score (nSPS) is 19.3. The molecule has 4 aromatic rings. The van der Waals surface area contributed by atoms with Crippen LogP contribution in [0.5, 0.6) is 0 Å². The van der Waals surface area contributed by atoms with Gasteiger partial charge in [0.15, 0.2) is 5.54 Å². The van der Waals surface area contributed by atoms with Crippen LogP contribution in [-0.2, 0) is 37.6 Å². The lowest BCUT2D eigenvalue weighted by molar-refractivity contribution is -0.165. The second-order valence-electron chi connectivity index (χ2n) is 13.4. The van der Waals surface area contributed by atoms with Crippen molar-refractivity contribution in [3.63, 3.8) is 0 Å². The first-order chi connectivity index (χ1) is 23.2. The SMILES string of the molecule is C[C@@H]1CC[C@@H](C(C)(C)c2ccccc2)[C@H](OC(=O)[C@@](/C=C/c2ccccc2)(COCc2ccccc2)NC(=O)OCc2ccccc2)C1. The first-order valence-electron chi connectivity index (χ1n) is 16.9. The fraction of sp³-hybridized carbons (Fsp3) is 0.333. The van der Waals surface area contributed by atoms with Crippen molar-refractivity contribution in [1.82, 2.24) is 5.32 Å². The van der Waals surface area contributed by atoms with Gasteiger partial charge in [0, 0.05) is 5.92 Å². The van der Waals surface area contributed by atoms with Crippen molar-refractivity contribution >= 4 is 18.1 Å². The number of amides is 1. The summed E-state index contributed by atoms with van der Waals surface area (Å²) in [5, 5.41) is 2.90. The Morgan fingerprint density at radius 1 is 0.771 bits per heavy atom. The maximum Gasteiger partial charge on any atom is 0.408 e. The van der Waals surface area contributed by atoms with Gasteiger partial charge in [0.05, 0.1) is 13.2 Å². The summed E-state index contributed by atoms with van der Waals surface area (Å²) in [7, 11) is 0. The molecule has 1 aliphatic rings. The Bertz CT molecular complexity index is 1610. The highest BCUT2D eigenvalue weighted by Gasteiger charge is 2.46. The predicted octanol–water partition coefficient (Wildman–Crippen LogP) is 8.91. The quantitative estimate of drug-likeness (QED) is 0.147. The third-order valence-corrected chi connectivity index (χ3v) is 9.46. The number of benzene rings is 4. The van der Waals surface area contributed by atoms with Gasteiger partial charge < -0.3 is 14.2 Å². The number of nitrogens with one attached hydrogen (secondary N) is 1. The van der Waals surface area contributed by atoms with Crippen LogP contribution in [0.3, 0.4) is 0 Å². The number of esters is 1. The number of carbonyl (C=O) groups excluding carboxylic acids is 2. The van der Waals surface area contributed by atoms with Crippen LogP contribution >= 0.6 is 0 Å². The van der Waals surface area contributed by atoms with E-state index in [-0.39, 0.29) is 37.3 Å². The van der Waals surface area contributed by atoms with E-state index < -0.39 is 17.6 Å². The summed E-state index contributed by atoms with van der Waals surface area (Å²) in [6.45, 7) is 6.82. The van der Waals surface area contributed by atoms with Crippen molar-refractivity contribution in [3.8, 4) is 0 Å². The van der Waals surface area contributed by atoms with Gasteiger partial charge in [0.25, 0.3) is 0 Å². The van der Waals surface area contributed by atoms with E-state index in [0.717, 1.165) is 36.0 Å². The van der Waals surface area contributed by atoms with Crippen molar-refractivity contribution in [2.75, 3.05) is 6.61 Å². The first kappa shape index (κ1) is 34.6. The molecule has 1 aliphatic carbocycles. The van der Waals surface area contributed by atoms with E-state index in [0.29, 0.717) is 5.92 Å². The van der Waals surface area contributed by atoms with Gasteiger partial charge in [-0.05, 0) is 52.5 Å². The van der Waals surface area contributed by atoms with Crippen LogP contribution in [0.1, 0.15) is 62.3 Å². The minimum atomic E-state index is -1.67. The molecule has 6 nitrogen and oxygen atoms in total. The summed E-state index contributed by atoms with van der Waals surface area (Å²) in [5.74, 6) is -0.114. The lowest BCUT2D eigenvalue weighted by atomic mass is 9.64. The summed E-state index contributed by atoms with van der Waals surface area (Å²) in [6.07, 6.45) is 5.10. The molecule has 0 aliphatic heterocycles. The van der Waals surface area contributed by atoms with Crippen molar-refractivity contribution < 1.29 is 23.8 Å². The van der Waals surface area contributed by atoms with Gasteiger partial charge in [-0.3, -0.25) is 5.32 Å². The van der Waals surface area contributed by atoms with Gasteiger partial charge in [-0.1, -0.05) is 155 Å². The molecule has 0 unspecified atom stereocenters. The fourth-order valence-electron chi connectivity index (χ4n) is 6.56. The zero-order valence-electron chi connectivity index (χ0n) is 28.2. The van der Waals surface area contributed by atoms with E-state index in [1.807, 2.05) is 103 Å². The van der Waals surface area contributed by atoms with Crippen molar-refractivity contribution in [2.24, 2.45) is 11.8 Å². The summed E-state index contributed by atoms with van der Waals surface area (Å²) >= 11 is 0. The summed E-state index contributed by atoms with van der Waals surface area (Å²) in [4.78, 5) is 28.2. The maximum atomic E-state index is 14.7. The molecule has 48 heavy (non-hydrogen) atoms. The second kappa shape index (κ2) is 16.4. The highest BCUT2D eigenvalue weighted by atomic mass is 16.6. The molecule has 1 N–H and O–H groups in total. The third kappa shape index (κ3) is 9.23. The predicted molar refractivity (Wildman–Crippen MR) is 190 cm³/mol. The van der Waals surface area contributed by atoms with Gasteiger partial charge in [-0.2, -0.15) is 0 Å². The molecule has 0 radical (unpaired) electrons. The number of ether oxygens (including phenoxy) is 3. The summed E-state index contributed by atoms with van der Waals surface area (Å²) in [6, 6.07) is 39.2. The number of hydrogen-bond acceptors (Lipinski definition) is 5. The number of rotatable bonds is 13. The second-order valence-corrected chi connectivity index (χ2v) is 13.4. The van der Waals surface area contributed by atoms with Crippen LogP contribution in [0.25, 0.3) is 6.08 Å². The molecule has 250 valence electrons. The summed E-state index contributed by atoms with van der Waals surface area (Å²) < 4.78 is 18.4. The van der Waals surface area contributed by atoms with Crippen LogP contribution in [-0.4, -0.2) is 30.3 Å². The monoisotopic (exact) mass is 645 g/mol. The van der Waals surface area contributed by atoms with Gasteiger partial charge in [-0.25, -0.2) is 9.59 Å². The number of alkyl carbamates (subject to hydrolysis) is 1. The largest absolute Gasteiger partial charge is 0.460 e. The van der Waals surface area contributed by atoms with Crippen LogP contribution in [0, 0.1) is 11.8 Å².